The highest BCUT2D eigenvalue weighted by Gasteiger charge is 2.19. The van der Waals surface area contributed by atoms with Gasteiger partial charge in [0.1, 0.15) is 5.75 Å². The van der Waals surface area contributed by atoms with E-state index in [2.05, 4.69) is 20.8 Å². The molecule has 29 heavy (non-hydrogen) atoms. The normalized spacial score (nSPS) is 11.0. The SMILES string of the molecule is CCCCCCOc1c(OC)c2ccc(OCCCC)cc2n(CCCC)c1=O. The quantitative estimate of drug-likeness (QED) is 0.366. The van der Waals surface area contributed by atoms with Crippen LogP contribution in [0, 0.1) is 0 Å². The lowest BCUT2D eigenvalue weighted by atomic mass is 10.1. The summed E-state index contributed by atoms with van der Waals surface area (Å²) in [6.07, 6.45) is 8.43. The Morgan fingerprint density at radius 1 is 0.828 bits per heavy atom. The summed E-state index contributed by atoms with van der Waals surface area (Å²) in [6.45, 7) is 8.31. The summed E-state index contributed by atoms with van der Waals surface area (Å²) >= 11 is 0. The van der Waals surface area contributed by atoms with Crippen LogP contribution in [0.1, 0.15) is 72.1 Å². The van der Waals surface area contributed by atoms with E-state index >= 15 is 0 Å². The largest absolute Gasteiger partial charge is 0.494 e. The zero-order valence-electron chi connectivity index (χ0n) is 18.6. The molecule has 0 unspecified atom stereocenters. The third kappa shape index (κ3) is 6.15. The second-order valence-electron chi connectivity index (χ2n) is 7.46. The van der Waals surface area contributed by atoms with Gasteiger partial charge in [0.2, 0.25) is 5.75 Å². The minimum absolute atomic E-state index is 0.121. The molecule has 1 aromatic heterocycles. The van der Waals surface area contributed by atoms with E-state index in [4.69, 9.17) is 14.2 Å². The summed E-state index contributed by atoms with van der Waals surface area (Å²) in [7, 11) is 1.60. The van der Waals surface area contributed by atoms with Gasteiger partial charge in [0.05, 0.1) is 25.8 Å². The lowest BCUT2D eigenvalue weighted by molar-refractivity contribution is 0.280. The molecule has 0 bridgehead atoms. The van der Waals surface area contributed by atoms with E-state index in [1.54, 1.807) is 7.11 Å². The highest BCUT2D eigenvalue weighted by Crippen LogP contribution is 2.34. The highest BCUT2D eigenvalue weighted by atomic mass is 16.5. The maximum atomic E-state index is 13.3. The molecular weight excluding hydrogens is 366 g/mol. The second kappa shape index (κ2) is 12.4. The smallest absolute Gasteiger partial charge is 0.297 e. The molecule has 0 aliphatic carbocycles. The van der Waals surface area contributed by atoms with Gasteiger partial charge in [-0.05, 0) is 31.4 Å². The number of methoxy groups -OCH3 is 1. The number of unbranched alkanes of at least 4 members (excludes halogenated alkanes) is 5. The lowest BCUT2D eigenvalue weighted by Crippen LogP contribution is -2.24. The molecule has 0 amide bonds. The van der Waals surface area contributed by atoms with Crippen molar-refractivity contribution in [2.45, 2.75) is 78.7 Å². The first-order valence-electron chi connectivity index (χ1n) is 11.2. The Morgan fingerprint density at radius 2 is 1.55 bits per heavy atom. The number of nitrogens with zero attached hydrogens (tertiary/aromatic N) is 1. The van der Waals surface area contributed by atoms with Gasteiger partial charge in [-0.1, -0.05) is 52.9 Å². The number of ether oxygens (including phenoxy) is 3. The van der Waals surface area contributed by atoms with Crippen molar-refractivity contribution < 1.29 is 14.2 Å². The molecule has 0 atom stereocenters. The van der Waals surface area contributed by atoms with Crippen molar-refractivity contribution in [2.24, 2.45) is 0 Å². The monoisotopic (exact) mass is 403 g/mol. The van der Waals surface area contributed by atoms with Gasteiger partial charge in [0.15, 0.2) is 5.75 Å². The summed E-state index contributed by atoms with van der Waals surface area (Å²) in [4.78, 5) is 13.3. The third-order valence-corrected chi connectivity index (χ3v) is 5.10. The standard InChI is InChI=1S/C24H37NO4/c1-5-8-11-12-17-29-23-22(27-4)20-14-13-19(28-16-10-7-3)18-21(20)25(24(23)26)15-9-6-2/h13-14,18H,5-12,15-17H2,1-4H3. The number of fused-ring (bicyclic) bond motifs is 1. The van der Waals surface area contributed by atoms with E-state index in [9.17, 15) is 4.79 Å². The van der Waals surface area contributed by atoms with Gasteiger partial charge in [-0.3, -0.25) is 4.79 Å². The van der Waals surface area contributed by atoms with E-state index in [0.29, 0.717) is 31.3 Å². The van der Waals surface area contributed by atoms with Gasteiger partial charge in [-0.25, -0.2) is 0 Å². The minimum atomic E-state index is -0.121. The van der Waals surface area contributed by atoms with Crippen molar-refractivity contribution in [1.82, 2.24) is 4.57 Å². The van der Waals surface area contributed by atoms with Crippen LogP contribution < -0.4 is 19.8 Å². The molecule has 2 aromatic rings. The number of aryl methyl sites for hydroxylation is 1. The Kier molecular flexibility index (Phi) is 9.89. The molecule has 1 aromatic carbocycles. The molecule has 0 saturated carbocycles. The molecule has 2 rings (SSSR count). The number of hydrogen-bond acceptors (Lipinski definition) is 4. The summed E-state index contributed by atoms with van der Waals surface area (Å²) in [5, 5.41) is 0.884. The van der Waals surface area contributed by atoms with Gasteiger partial charge in [-0.2, -0.15) is 0 Å². The first kappa shape index (κ1) is 23.1. The van der Waals surface area contributed by atoms with Crippen LogP contribution in [0.4, 0.5) is 0 Å². The Bertz CT molecular complexity index is 813. The molecule has 0 aliphatic heterocycles. The lowest BCUT2D eigenvalue weighted by Gasteiger charge is -2.18. The first-order chi connectivity index (χ1) is 14.2. The molecule has 0 N–H and O–H groups in total. The number of rotatable bonds is 14. The number of hydrogen-bond donors (Lipinski definition) is 0. The number of aromatic nitrogens is 1. The molecule has 0 aliphatic rings. The zero-order chi connectivity index (χ0) is 21.1. The molecule has 5 nitrogen and oxygen atoms in total. The molecule has 1 heterocycles. The number of pyridine rings is 1. The summed E-state index contributed by atoms with van der Waals surface area (Å²) in [5.74, 6) is 1.63. The highest BCUT2D eigenvalue weighted by molar-refractivity contribution is 5.89. The van der Waals surface area contributed by atoms with Crippen molar-refractivity contribution in [1.29, 1.82) is 0 Å². The van der Waals surface area contributed by atoms with E-state index in [-0.39, 0.29) is 5.56 Å². The van der Waals surface area contributed by atoms with Gasteiger partial charge in [-0.15, -0.1) is 0 Å². The predicted octanol–water partition coefficient (Wildman–Crippen LogP) is 5.95. The molecule has 0 fully saturated rings. The summed E-state index contributed by atoms with van der Waals surface area (Å²) in [6, 6.07) is 5.87. The van der Waals surface area contributed by atoms with Crippen LogP contribution in [0.25, 0.3) is 10.9 Å². The van der Waals surface area contributed by atoms with Crippen molar-refractivity contribution in [3.8, 4) is 17.2 Å². The molecule has 0 radical (unpaired) electrons. The van der Waals surface area contributed by atoms with Crippen LogP contribution in [0.15, 0.2) is 23.0 Å². The van der Waals surface area contributed by atoms with E-state index in [1.807, 2.05) is 22.8 Å². The van der Waals surface area contributed by atoms with Crippen molar-refractivity contribution in [2.75, 3.05) is 20.3 Å². The van der Waals surface area contributed by atoms with Gasteiger partial charge in [0.25, 0.3) is 5.56 Å². The van der Waals surface area contributed by atoms with Crippen LogP contribution >= 0.6 is 0 Å². The Balaban J connectivity index is 2.43. The van der Waals surface area contributed by atoms with E-state index < -0.39 is 0 Å². The molecule has 0 saturated heterocycles. The van der Waals surface area contributed by atoms with E-state index in [0.717, 1.165) is 55.2 Å². The van der Waals surface area contributed by atoms with Crippen LogP contribution in [0.5, 0.6) is 17.2 Å². The molecular formula is C24H37NO4. The van der Waals surface area contributed by atoms with Gasteiger partial charge >= 0.3 is 0 Å². The molecule has 5 heteroatoms. The van der Waals surface area contributed by atoms with Gasteiger partial charge in [0, 0.05) is 18.0 Å². The summed E-state index contributed by atoms with van der Waals surface area (Å²) in [5.41, 5.74) is 0.719. The van der Waals surface area contributed by atoms with Crippen molar-refractivity contribution in [3.05, 3.63) is 28.6 Å². The Hall–Kier alpha value is -2.17. The fourth-order valence-electron chi connectivity index (χ4n) is 3.37. The fraction of sp³-hybridized carbons (Fsp3) is 0.625. The van der Waals surface area contributed by atoms with Crippen LogP contribution in [-0.4, -0.2) is 24.9 Å². The number of benzene rings is 1. The topological polar surface area (TPSA) is 49.7 Å². The molecule has 162 valence electrons. The second-order valence-corrected chi connectivity index (χ2v) is 7.46. The maximum Gasteiger partial charge on any atom is 0.297 e. The first-order valence-corrected chi connectivity index (χ1v) is 11.2. The maximum absolute atomic E-state index is 13.3. The van der Waals surface area contributed by atoms with Crippen LogP contribution in [-0.2, 0) is 6.54 Å². The van der Waals surface area contributed by atoms with Crippen molar-refractivity contribution >= 4 is 10.9 Å². The van der Waals surface area contributed by atoms with Gasteiger partial charge < -0.3 is 18.8 Å². The fourth-order valence-corrected chi connectivity index (χ4v) is 3.37. The average Bonchev–Trinajstić information content (AvgIpc) is 2.73. The van der Waals surface area contributed by atoms with Crippen LogP contribution in [0.3, 0.4) is 0 Å². The zero-order valence-corrected chi connectivity index (χ0v) is 18.6. The van der Waals surface area contributed by atoms with Crippen LogP contribution in [0.2, 0.25) is 0 Å². The van der Waals surface area contributed by atoms with E-state index in [1.165, 1.54) is 12.8 Å². The predicted molar refractivity (Wildman–Crippen MR) is 120 cm³/mol. The van der Waals surface area contributed by atoms with Crippen molar-refractivity contribution in [3.63, 3.8) is 0 Å². The minimum Gasteiger partial charge on any atom is -0.494 e. The Morgan fingerprint density at radius 3 is 2.24 bits per heavy atom. The third-order valence-electron chi connectivity index (χ3n) is 5.10. The average molecular weight is 404 g/mol. The summed E-state index contributed by atoms with van der Waals surface area (Å²) < 4.78 is 19.3. The Labute approximate surface area is 175 Å². The molecule has 0 spiro atoms.